The van der Waals surface area contributed by atoms with Gasteiger partial charge < -0.3 is 5.32 Å². The normalized spacial score (nSPS) is 16.5. The SMILES string of the molecule is Cc1ccc(CNC(C)(C)C2CC2)cc1Cl. The van der Waals surface area contributed by atoms with E-state index in [1.807, 2.05) is 6.92 Å². The summed E-state index contributed by atoms with van der Waals surface area (Å²) in [5.74, 6) is 0.855. The Balaban J connectivity index is 1.96. The van der Waals surface area contributed by atoms with Crippen molar-refractivity contribution >= 4 is 11.6 Å². The van der Waals surface area contributed by atoms with E-state index in [1.54, 1.807) is 0 Å². The second kappa shape index (κ2) is 4.38. The smallest absolute Gasteiger partial charge is 0.0438 e. The summed E-state index contributed by atoms with van der Waals surface area (Å²) in [6.07, 6.45) is 2.74. The topological polar surface area (TPSA) is 12.0 Å². The number of hydrogen-bond acceptors (Lipinski definition) is 1. The van der Waals surface area contributed by atoms with Crippen molar-refractivity contribution in [3.8, 4) is 0 Å². The van der Waals surface area contributed by atoms with Crippen LogP contribution in [0.5, 0.6) is 0 Å². The number of hydrogen-bond donors (Lipinski definition) is 1. The highest BCUT2D eigenvalue weighted by Gasteiger charge is 2.36. The van der Waals surface area contributed by atoms with Gasteiger partial charge in [-0.15, -0.1) is 0 Å². The molecule has 1 nitrogen and oxygen atoms in total. The summed E-state index contributed by atoms with van der Waals surface area (Å²) < 4.78 is 0. The third-order valence-corrected chi connectivity index (χ3v) is 3.99. The van der Waals surface area contributed by atoms with Crippen LogP contribution in [0.25, 0.3) is 0 Å². The molecule has 2 heteroatoms. The molecule has 0 aromatic heterocycles. The van der Waals surface area contributed by atoms with Crippen molar-refractivity contribution < 1.29 is 0 Å². The van der Waals surface area contributed by atoms with Crippen molar-refractivity contribution in [3.05, 3.63) is 34.3 Å². The van der Waals surface area contributed by atoms with Gasteiger partial charge in [0.15, 0.2) is 0 Å². The summed E-state index contributed by atoms with van der Waals surface area (Å²) in [5.41, 5.74) is 2.67. The Labute approximate surface area is 103 Å². The first kappa shape index (κ1) is 11.9. The maximum absolute atomic E-state index is 6.11. The lowest BCUT2D eigenvalue weighted by Crippen LogP contribution is -2.40. The van der Waals surface area contributed by atoms with Crippen LogP contribution in [-0.2, 0) is 6.54 Å². The molecule has 1 N–H and O–H groups in total. The lowest BCUT2D eigenvalue weighted by atomic mass is 9.98. The van der Waals surface area contributed by atoms with Crippen molar-refractivity contribution in [2.45, 2.75) is 45.7 Å². The summed E-state index contributed by atoms with van der Waals surface area (Å²) in [7, 11) is 0. The fraction of sp³-hybridized carbons (Fsp3) is 0.571. The molecule has 2 rings (SSSR count). The van der Waals surface area contributed by atoms with Gasteiger partial charge in [0.1, 0.15) is 0 Å². The number of halogens is 1. The Bertz CT molecular complexity index is 380. The van der Waals surface area contributed by atoms with E-state index in [-0.39, 0.29) is 5.54 Å². The molecule has 0 spiro atoms. The Morgan fingerprint density at radius 1 is 1.38 bits per heavy atom. The minimum atomic E-state index is 0.261. The van der Waals surface area contributed by atoms with Gasteiger partial charge in [0.25, 0.3) is 0 Å². The van der Waals surface area contributed by atoms with Crippen molar-refractivity contribution in [3.63, 3.8) is 0 Å². The number of rotatable bonds is 4. The molecule has 1 aromatic carbocycles. The number of benzene rings is 1. The van der Waals surface area contributed by atoms with E-state index >= 15 is 0 Å². The zero-order valence-electron chi connectivity index (χ0n) is 10.3. The summed E-state index contributed by atoms with van der Waals surface area (Å²) in [6.45, 7) is 7.53. The van der Waals surface area contributed by atoms with E-state index in [2.05, 4.69) is 37.4 Å². The minimum Gasteiger partial charge on any atom is -0.307 e. The Morgan fingerprint density at radius 3 is 2.62 bits per heavy atom. The molecule has 1 aromatic rings. The molecule has 1 aliphatic carbocycles. The standard InChI is InChI=1S/C14H20ClN/c1-10-4-5-11(8-13(10)15)9-16-14(2,3)12-6-7-12/h4-5,8,12,16H,6-7,9H2,1-3H3. The third-order valence-electron chi connectivity index (χ3n) is 3.58. The summed E-state index contributed by atoms with van der Waals surface area (Å²) in [6, 6.07) is 6.30. The summed E-state index contributed by atoms with van der Waals surface area (Å²) in [4.78, 5) is 0. The molecule has 0 bridgehead atoms. The van der Waals surface area contributed by atoms with Crippen LogP contribution in [0.3, 0.4) is 0 Å². The van der Waals surface area contributed by atoms with Gasteiger partial charge in [-0.05, 0) is 56.7 Å². The number of aryl methyl sites for hydroxylation is 1. The highest BCUT2D eigenvalue weighted by atomic mass is 35.5. The van der Waals surface area contributed by atoms with Crippen LogP contribution >= 0.6 is 11.6 Å². The van der Waals surface area contributed by atoms with Crippen LogP contribution in [0, 0.1) is 12.8 Å². The van der Waals surface area contributed by atoms with Gasteiger partial charge >= 0.3 is 0 Å². The minimum absolute atomic E-state index is 0.261. The fourth-order valence-electron chi connectivity index (χ4n) is 2.03. The van der Waals surface area contributed by atoms with Crippen molar-refractivity contribution in [1.29, 1.82) is 0 Å². The molecule has 0 unspecified atom stereocenters. The zero-order valence-corrected chi connectivity index (χ0v) is 11.1. The maximum Gasteiger partial charge on any atom is 0.0438 e. The van der Waals surface area contributed by atoms with E-state index in [0.717, 1.165) is 23.0 Å². The van der Waals surface area contributed by atoms with Gasteiger partial charge in [0.2, 0.25) is 0 Å². The molecular weight excluding hydrogens is 218 g/mol. The van der Waals surface area contributed by atoms with Crippen molar-refractivity contribution in [2.75, 3.05) is 0 Å². The van der Waals surface area contributed by atoms with Crippen LogP contribution in [-0.4, -0.2) is 5.54 Å². The highest BCUT2D eigenvalue weighted by molar-refractivity contribution is 6.31. The van der Waals surface area contributed by atoms with Crippen LogP contribution in [0.4, 0.5) is 0 Å². The average molecular weight is 238 g/mol. The Hall–Kier alpha value is -0.530. The van der Waals surface area contributed by atoms with Gasteiger partial charge in [0.05, 0.1) is 0 Å². The van der Waals surface area contributed by atoms with E-state index in [9.17, 15) is 0 Å². The average Bonchev–Trinajstić information content (AvgIpc) is 3.03. The summed E-state index contributed by atoms with van der Waals surface area (Å²) >= 11 is 6.11. The van der Waals surface area contributed by atoms with Gasteiger partial charge in [-0.25, -0.2) is 0 Å². The molecule has 16 heavy (non-hydrogen) atoms. The van der Waals surface area contributed by atoms with Crippen LogP contribution in [0.15, 0.2) is 18.2 Å². The zero-order chi connectivity index (χ0) is 11.8. The number of nitrogens with one attached hydrogen (secondary N) is 1. The Morgan fingerprint density at radius 2 is 2.06 bits per heavy atom. The highest BCUT2D eigenvalue weighted by Crippen LogP contribution is 2.39. The van der Waals surface area contributed by atoms with Crippen molar-refractivity contribution in [2.24, 2.45) is 5.92 Å². The largest absolute Gasteiger partial charge is 0.307 e. The van der Waals surface area contributed by atoms with E-state index in [4.69, 9.17) is 11.6 Å². The second-order valence-corrected chi connectivity index (χ2v) is 5.84. The van der Waals surface area contributed by atoms with Gasteiger partial charge in [0, 0.05) is 17.1 Å². The monoisotopic (exact) mass is 237 g/mol. The van der Waals surface area contributed by atoms with Gasteiger partial charge in [-0.3, -0.25) is 0 Å². The van der Waals surface area contributed by atoms with Crippen LogP contribution in [0.2, 0.25) is 5.02 Å². The first-order chi connectivity index (χ1) is 7.49. The molecule has 88 valence electrons. The molecule has 0 radical (unpaired) electrons. The quantitative estimate of drug-likeness (QED) is 0.837. The van der Waals surface area contributed by atoms with Gasteiger partial charge in [-0.1, -0.05) is 23.7 Å². The van der Waals surface area contributed by atoms with Crippen LogP contribution in [0.1, 0.15) is 37.8 Å². The molecule has 0 aliphatic heterocycles. The van der Waals surface area contributed by atoms with Crippen molar-refractivity contribution in [1.82, 2.24) is 5.32 Å². The van der Waals surface area contributed by atoms with E-state index in [0.29, 0.717) is 0 Å². The lowest BCUT2D eigenvalue weighted by Gasteiger charge is -2.26. The molecule has 1 aliphatic rings. The molecule has 0 saturated heterocycles. The molecule has 0 atom stereocenters. The molecule has 0 heterocycles. The molecule has 0 amide bonds. The maximum atomic E-state index is 6.11. The van der Waals surface area contributed by atoms with E-state index in [1.165, 1.54) is 18.4 Å². The first-order valence-corrected chi connectivity index (χ1v) is 6.37. The summed E-state index contributed by atoms with van der Waals surface area (Å²) in [5, 5.41) is 4.49. The molecular formula is C14H20ClN. The first-order valence-electron chi connectivity index (χ1n) is 5.99. The third kappa shape index (κ3) is 2.78. The van der Waals surface area contributed by atoms with Gasteiger partial charge in [-0.2, -0.15) is 0 Å². The van der Waals surface area contributed by atoms with Crippen LogP contribution < -0.4 is 5.32 Å². The predicted molar refractivity (Wildman–Crippen MR) is 69.8 cm³/mol. The molecule has 1 fully saturated rings. The lowest BCUT2D eigenvalue weighted by molar-refractivity contribution is 0.339. The Kier molecular flexibility index (Phi) is 3.27. The van der Waals surface area contributed by atoms with E-state index < -0.39 is 0 Å². The second-order valence-electron chi connectivity index (χ2n) is 5.43. The predicted octanol–water partition coefficient (Wildman–Crippen LogP) is 3.93. The molecule has 1 saturated carbocycles. The fourth-order valence-corrected chi connectivity index (χ4v) is 2.23.